The zero-order valence-electron chi connectivity index (χ0n) is 11.1. The van der Waals surface area contributed by atoms with Crippen molar-refractivity contribution in [1.29, 1.82) is 5.26 Å². The smallest absolute Gasteiger partial charge is 0.228 e. The number of carbonyl (C=O) groups is 1. The number of thiazole rings is 1. The number of carbonyl (C=O) groups excluding carboxylic acids is 1. The quantitative estimate of drug-likeness (QED) is 0.929. The van der Waals surface area contributed by atoms with Gasteiger partial charge in [0.05, 0.1) is 17.7 Å². The average molecular weight is 300 g/mol. The molecule has 0 aromatic carbocycles. The Hall–Kier alpha value is -2.46. The molecule has 3 heterocycles. The minimum Gasteiger partial charge on any atom is -0.506 e. The number of likely N-dealkylation sites (tertiary alicyclic amines) is 1. The third-order valence-corrected chi connectivity index (χ3v) is 4.19. The number of aromatic nitrogens is 2. The van der Waals surface area contributed by atoms with Crippen molar-refractivity contribution in [2.45, 2.75) is 12.8 Å². The first kappa shape index (κ1) is 13.5. The number of nitrogens with zero attached hydrogens (tertiary/aromatic N) is 4. The molecule has 0 radical (unpaired) electrons. The van der Waals surface area contributed by atoms with E-state index in [4.69, 9.17) is 5.26 Å². The van der Waals surface area contributed by atoms with Crippen LogP contribution in [-0.2, 0) is 11.2 Å². The average Bonchev–Trinajstić information content (AvgIpc) is 2.84. The Bertz CT molecular complexity index is 731. The summed E-state index contributed by atoms with van der Waals surface area (Å²) in [6.45, 7) is 1.65. The molecule has 0 spiro atoms. The van der Waals surface area contributed by atoms with Gasteiger partial charge in [0.1, 0.15) is 22.5 Å². The molecule has 21 heavy (non-hydrogen) atoms. The van der Waals surface area contributed by atoms with Gasteiger partial charge in [0.25, 0.3) is 0 Å². The largest absolute Gasteiger partial charge is 0.506 e. The summed E-state index contributed by atoms with van der Waals surface area (Å²) in [5, 5.41) is 21.0. The van der Waals surface area contributed by atoms with Crippen LogP contribution in [0.25, 0.3) is 10.7 Å². The third-order valence-electron chi connectivity index (χ3n) is 3.29. The second kappa shape index (κ2) is 5.50. The number of amides is 1. The SMILES string of the molecule is N#Cc1cnc(-c2nc(CC(=O)N3CCC3)cs2)c(O)c1. The van der Waals surface area contributed by atoms with Crippen molar-refractivity contribution in [2.75, 3.05) is 13.1 Å². The van der Waals surface area contributed by atoms with Gasteiger partial charge in [0.2, 0.25) is 5.91 Å². The molecule has 2 aromatic rings. The maximum Gasteiger partial charge on any atom is 0.228 e. The van der Waals surface area contributed by atoms with E-state index in [9.17, 15) is 9.90 Å². The number of hydrogen-bond acceptors (Lipinski definition) is 6. The summed E-state index contributed by atoms with van der Waals surface area (Å²) >= 11 is 1.32. The Kier molecular flexibility index (Phi) is 3.54. The van der Waals surface area contributed by atoms with Crippen LogP contribution in [-0.4, -0.2) is 39.0 Å². The number of rotatable bonds is 3. The lowest BCUT2D eigenvalue weighted by Crippen LogP contribution is -2.42. The highest BCUT2D eigenvalue weighted by atomic mass is 32.1. The van der Waals surface area contributed by atoms with Crippen molar-refractivity contribution < 1.29 is 9.90 Å². The zero-order chi connectivity index (χ0) is 14.8. The molecule has 1 aliphatic heterocycles. The molecule has 0 saturated carbocycles. The van der Waals surface area contributed by atoms with Crippen molar-refractivity contribution >= 4 is 17.2 Å². The Morgan fingerprint density at radius 3 is 2.95 bits per heavy atom. The maximum atomic E-state index is 11.9. The van der Waals surface area contributed by atoms with Crippen LogP contribution in [0.15, 0.2) is 17.6 Å². The molecule has 2 aromatic heterocycles. The lowest BCUT2D eigenvalue weighted by molar-refractivity contribution is -0.133. The van der Waals surface area contributed by atoms with E-state index in [0.717, 1.165) is 19.5 Å². The molecule has 6 nitrogen and oxygen atoms in total. The molecule has 7 heteroatoms. The van der Waals surface area contributed by atoms with Crippen molar-refractivity contribution in [2.24, 2.45) is 0 Å². The highest BCUT2D eigenvalue weighted by Gasteiger charge is 2.21. The molecule has 1 saturated heterocycles. The summed E-state index contributed by atoms with van der Waals surface area (Å²) in [5.41, 5.74) is 1.31. The zero-order valence-corrected chi connectivity index (χ0v) is 11.9. The summed E-state index contributed by atoms with van der Waals surface area (Å²) in [6, 6.07) is 3.27. The van der Waals surface area contributed by atoms with Gasteiger partial charge in [-0.1, -0.05) is 0 Å². The van der Waals surface area contributed by atoms with Gasteiger partial charge in [-0.2, -0.15) is 5.26 Å². The number of aromatic hydroxyl groups is 1. The molecule has 1 amide bonds. The summed E-state index contributed by atoms with van der Waals surface area (Å²) in [7, 11) is 0. The van der Waals surface area contributed by atoms with Crippen molar-refractivity contribution in [3.63, 3.8) is 0 Å². The van der Waals surface area contributed by atoms with E-state index in [0.29, 0.717) is 22.0 Å². The molecule has 3 rings (SSSR count). The molecule has 1 fully saturated rings. The minimum absolute atomic E-state index is 0.0788. The number of nitriles is 1. The van der Waals surface area contributed by atoms with Crippen molar-refractivity contribution in [1.82, 2.24) is 14.9 Å². The topological polar surface area (TPSA) is 90.1 Å². The van der Waals surface area contributed by atoms with Crippen LogP contribution in [0.4, 0.5) is 0 Å². The van der Waals surface area contributed by atoms with Gasteiger partial charge in [0, 0.05) is 30.7 Å². The predicted octanol–water partition coefficient (Wildman–Crippen LogP) is 1.56. The first-order valence-corrected chi connectivity index (χ1v) is 7.37. The van der Waals surface area contributed by atoms with Gasteiger partial charge in [-0.15, -0.1) is 11.3 Å². The molecule has 0 aliphatic carbocycles. The molecule has 1 aliphatic rings. The highest BCUT2D eigenvalue weighted by Crippen LogP contribution is 2.30. The van der Waals surface area contributed by atoms with E-state index in [2.05, 4.69) is 9.97 Å². The first-order chi connectivity index (χ1) is 10.2. The monoisotopic (exact) mass is 300 g/mol. The molecule has 0 atom stereocenters. The molecule has 0 unspecified atom stereocenters. The van der Waals surface area contributed by atoms with Crippen LogP contribution in [0.3, 0.4) is 0 Å². The summed E-state index contributed by atoms with van der Waals surface area (Å²) in [5.74, 6) is -0.000806. The van der Waals surface area contributed by atoms with Crippen LogP contribution >= 0.6 is 11.3 Å². The van der Waals surface area contributed by atoms with E-state index >= 15 is 0 Å². The summed E-state index contributed by atoms with van der Waals surface area (Å²) in [6.07, 6.45) is 2.73. The van der Waals surface area contributed by atoms with E-state index in [1.165, 1.54) is 23.6 Å². The van der Waals surface area contributed by atoms with Gasteiger partial charge in [0.15, 0.2) is 0 Å². The standard InChI is InChI=1S/C14H12N4O2S/c15-6-9-4-11(19)13(16-7-9)14-17-10(8-21-14)5-12(20)18-2-1-3-18/h4,7-8,19H,1-3,5H2. The second-order valence-electron chi connectivity index (χ2n) is 4.76. The molecular weight excluding hydrogens is 288 g/mol. The maximum absolute atomic E-state index is 11.9. The van der Waals surface area contributed by atoms with Crippen LogP contribution in [0.2, 0.25) is 0 Å². The lowest BCUT2D eigenvalue weighted by atomic mass is 10.2. The van der Waals surface area contributed by atoms with Crippen LogP contribution in [0.1, 0.15) is 17.7 Å². The van der Waals surface area contributed by atoms with E-state index in [1.807, 2.05) is 6.07 Å². The van der Waals surface area contributed by atoms with Crippen LogP contribution in [0.5, 0.6) is 5.75 Å². The van der Waals surface area contributed by atoms with Gasteiger partial charge >= 0.3 is 0 Å². The molecule has 1 N–H and O–H groups in total. The minimum atomic E-state index is -0.0796. The van der Waals surface area contributed by atoms with Gasteiger partial charge in [-0.05, 0) is 6.42 Å². The normalized spacial score (nSPS) is 13.6. The van der Waals surface area contributed by atoms with Crippen LogP contribution < -0.4 is 0 Å². The Morgan fingerprint density at radius 1 is 1.52 bits per heavy atom. The fourth-order valence-electron chi connectivity index (χ4n) is 2.01. The van der Waals surface area contributed by atoms with Gasteiger partial charge in [-0.25, -0.2) is 9.97 Å². The van der Waals surface area contributed by atoms with Gasteiger partial charge in [-0.3, -0.25) is 4.79 Å². The van der Waals surface area contributed by atoms with Gasteiger partial charge < -0.3 is 10.0 Å². The first-order valence-electron chi connectivity index (χ1n) is 6.49. The Morgan fingerprint density at radius 2 is 2.33 bits per heavy atom. The highest BCUT2D eigenvalue weighted by molar-refractivity contribution is 7.13. The second-order valence-corrected chi connectivity index (χ2v) is 5.62. The Balaban J connectivity index is 1.78. The molecule has 106 valence electrons. The third kappa shape index (κ3) is 2.71. The fourth-order valence-corrected chi connectivity index (χ4v) is 2.83. The van der Waals surface area contributed by atoms with Crippen molar-refractivity contribution in [3.8, 4) is 22.5 Å². The van der Waals surface area contributed by atoms with E-state index in [-0.39, 0.29) is 18.1 Å². The number of pyridine rings is 1. The molecule has 0 bridgehead atoms. The Labute approximate surface area is 125 Å². The van der Waals surface area contributed by atoms with Crippen molar-refractivity contribution in [3.05, 3.63) is 28.9 Å². The van der Waals surface area contributed by atoms with E-state index < -0.39 is 0 Å². The van der Waals surface area contributed by atoms with E-state index in [1.54, 1.807) is 10.3 Å². The lowest BCUT2D eigenvalue weighted by Gasteiger charge is -2.30. The number of hydrogen-bond donors (Lipinski definition) is 1. The summed E-state index contributed by atoms with van der Waals surface area (Å²) in [4.78, 5) is 22.1. The summed E-state index contributed by atoms with van der Waals surface area (Å²) < 4.78 is 0. The predicted molar refractivity (Wildman–Crippen MR) is 76.6 cm³/mol. The van der Waals surface area contributed by atoms with Crippen LogP contribution in [0, 0.1) is 11.3 Å². The fraction of sp³-hybridized carbons (Fsp3) is 0.286. The molecular formula is C14H12N4O2S.